The first-order chi connectivity index (χ1) is 11.1. The first-order valence-electron chi connectivity index (χ1n) is 7.30. The lowest BCUT2D eigenvalue weighted by molar-refractivity contribution is -0.126. The van der Waals surface area contributed by atoms with Crippen molar-refractivity contribution in [2.75, 3.05) is 18.0 Å². The van der Waals surface area contributed by atoms with Gasteiger partial charge in [0.25, 0.3) is 0 Å². The third-order valence-corrected chi connectivity index (χ3v) is 4.18. The van der Waals surface area contributed by atoms with E-state index in [0.29, 0.717) is 37.4 Å². The predicted octanol–water partition coefficient (Wildman–Crippen LogP) is 0.551. The van der Waals surface area contributed by atoms with Gasteiger partial charge in [-0.1, -0.05) is 6.07 Å². The number of urea groups is 1. The van der Waals surface area contributed by atoms with Crippen molar-refractivity contribution in [3.8, 4) is 11.5 Å². The lowest BCUT2D eigenvalue weighted by atomic mass is 9.90. The summed E-state index contributed by atoms with van der Waals surface area (Å²) in [6.45, 7) is 1.10. The van der Waals surface area contributed by atoms with Gasteiger partial charge in [-0.2, -0.15) is 4.73 Å². The number of rotatable bonds is 3. The monoisotopic (exact) mass is 314 g/mol. The van der Waals surface area contributed by atoms with E-state index in [1.807, 2.05) is 0 Å². The van der Waals surface area contributed by atoms with Crippen molar-refractivity contribution in [3.63, 3.8) is 0 Å². The molecule has 9 nitrogen and oxygen atoms in total. The lowest BCUT2D eigenvalue weighted by Gasteiger charge is -2.32. The molecule has 9 heteroatoms. The van der Waals surface area contributed by atoms with Crippen molar-refractivity contribution >= 4 is 17.6 Å². The van der Waals surface area contributed by atoms with Crippen LogP contribution in [0, 0.1) is 0 Å². The fraction of sp³-hybridized carbons (Fsp3) is 0.357. The largest absolute Gasteiger partial charge is 0.425 e. The van der Waals surface area contributed by atoms with E-state index in [9.17, 15) is 14.8 Å². The number of hydrogen-bond acceptors (Lipinski definition) is 6. The zero-order valence-electron chi connectivity index (χ0n) is 12.2. The van der Waals surface area contributed by atoms with Crippen LogP contribution in [0.4, 0.5) is 10.6 Å². The summed E-state index contributed by atoms with van der Waals surface area (Å²) in [5, 5.41) is 17.0. The summed E-state index contributed by atoms with van der Waals surface area (Å²) in [6, 6.07) is 5.04. The molecule has 0 unspecified atom stereocenters. The molecular formula is C14H14N6O3. The van der Waals surface area contributed by atoms with E-state index in [1.165, 1.54) is 6.33 Å². The van der Waals surface area contributed by atoms with Gasteiger partial charge in [0.2, 0.25) is 5.82 Å². The quantitative estimate of drug-likeness (QED) is 0.830. The third kappa shape index (κ3) is 2.20. The Morgan fingerprint density at radius 3 is 2.70 bits per heavy atom. The number of carbonyl (C=O) groups excluding carboxylic acids is 2. The van der Waals surface area contributed by atoms with Crippen LogP contribution < -0.4 is 4.90 Å². The molecule has 1 N–H and O–H groups in total. The molecular weight excluding hydrogens is 300 g/mol. The van der Waals surface area contributed by atoms with Gasteiger partial charge in [0, 0.05) is 32.0 Å². The average molecular weight is 314 g/mol. The van der Waals surface area contributed by atoms with Crippen LogP contribution in [0.15, 0.2) is 24.5 Å². The maximum Gasteiger partial charge on any atom is 0.326 e. The summed E-state index contributed by atoms with van der Waals surface area (Å²) in [5.74, 6) is 0.896. The number of amides is 2. The SMILES string of the molecule is O=C1CC(N2CCN(c3cccc(-c4nncn4O)n3)C2=O)C1. The fourth-order valence-electron chi connectivity index (χ4n) is 2.89. The molecule has 1 aliphatic carbocycles. The van der Waals surface area contributed by atoms with Crippen LogP contribution in [-0.2, 0) is 4.79 Å². The van der Waals surface area contributed by atoms with Crippen LogP contribution >= 0.6 is 0 Å². The number of ketones is 1. The van der Waals surface area contributed by atoms with Crippen LogP contribution in [0.2, 0.25) is 0 Å². The third-order valence-electron chi connectivity index (χ3n) is 4.18. The summed E-state index contributed by atoms with van der Waals surface area (Å²) < 4.78 is 0.782. The molecule has 2 aliphatic rings. The van der Waals surface area contributed by atoms with Gasteiger partial charge in [-0.15, -0.1) is 10.2 Å². The number of Topliss-reactive ketones (excluding diaryl/α,β-unsaturated/α-hetero) is 1. The number of aromatic nitrogens is 4. The second-order valence-electron chi connectivity index (χ2n) is 5.61. The first-order valence-corrected chi connectivity index (χ1v) is 7.30. The molecule has 0 aromatic carbocycles. The van der Waals surface area contributed by atoms with Crippen molar-refractivity contribution in [2.24, 2.45) is 0 Å². The number of hydrogen-bond donors (Lipinski definition) is 1. The summed E-state index contributed by atoms with van der Waals surface area (Å²) in [7, 11) is 0. The Hall–Kier alpha value is -2.97. The molecule has 23 heavy (non-hydrogen) atoms. The summed E-state index contributed by atoms with van der Waals surface area (Å²) in [5.41, 5.74) is 0.424. The van der Waals surface area contributed by atoms with E-state index in [4.69, 9.17) is 0 Å². The van der Waals surface area contributed by atoms with Crippen molar-refractivity contribution < 1.29 is 14.8 Å². The van der Waals surface area contributed by atoms with Crippen LogP contribution in [0.3, 0.4) is 0 Å². The maximum absolute atomic E-state index is 12.5. The molecule has 3 heterocycles. The predicted molar refractivity (Wildman–Crippen MR) is 77.9 cm³/mol. The Labute approximate surface area is 131 Å². The Kier molecular flexibility index (Phi) is 3.00. The van der Waals surface area contributed by atoms with E-state index >= 15 is 0 Å². The second-order valence-corrected chi connectivity index (χ2v) is 5.61. The summed E-state index contributed by atoms with van der Waals surface area (Å²) in [4.78, 5) is 31.3. The maximum atomic E-state index is 12.5. The van der Waals surface area contributed by atoms with Gasteiger partial charge in [-0.05, 0) is 12.1 Å². The van der Waals surface area contributed by atoms with Gasteiger partial charge in [-0.25, -0.2) is 9.78 Å². The topological polar surface area (TPSA) is 104 Å². The van der Waals surface area contributed by atoms with Gasteiger partial charge in [0.1, 0.15) is 17.3 Å². The number of anilines is 1. The van der Waals surface area contributed by atoms with Crippen LogP contribution in [-0.4, -0.2) is 61.0 Å². The molecule has 0 spiro atoms. The lowest BCUT2D eigenvalue weighted by Crippen LogP contribution is -2.47. The standard InChI is InChI=1S/C14H14N6O3/c21-10-6-9(7-10)18-4-5-19(14(18)22)12-3-1-2-11(16-12)13-17-15-8-20(13)23/h1-3,8-9,23H,4-7H2. The molecule has 1 aliphatic heterocycles. The molecule has 2 amide bonds. The smallest absolute Gasteiger partial charge is 0.326 e. The summed E-state index contributed by atoms with van der Waals surface area (Å²) >= 11 is 0. The summed E-state index contributed by atoms with van der Waals surface area (Å²) in [6.07, 6.45) is 2.06. The molecule has 4 rings (SSSR count). The minimum Gasteiger partial charge on any atom is -0.425 e. The van der Waals surface area contributed by atoms with E-state index in [1.54, 1.807) is 28.0 Å². The van der Waals surface area contributed by atoms with Gasteiger partial charge >= 0.3 is 6.03 Å². The molecule has 0 atom stereocenters. The molecule has 1 saturated heterocycles. The first kappa shape index (κ1) is 13.7. The van der Waals surface area contributed by atoms with E-state index in [0.717, 1.165) is 4.73 Å². The highest BCUT2D eigenvalue weighted by molar-refractivity contribution is 5.95. The Morgan fingerprint density at radius 2 is 2.00 bits per heavy atom. The highest BCUT2D eigenvalue weighted by atomic mass is 16.5. The highest BCUT2D eigenvalue weighted by Gasteiger charge is 2.40. The minimum absolute atomic E-state index is 0.0173. The highest BCUT2D eigenvalue weighted by Crippen LogP contribution is 2.28. The zero-order valence-corrected chi connectivity index (χ0v) is 12.2. The minimum atomic E-state index is -0.141. The fourth-order valence-corrected chi connectivity index (χ4v) is 2.89. The van der Waals surface area contributed by atoms with E-state index < -0.39 is 0 Å². The Balaban J connectivity index is 1.58. The Bertz CT molecular complexity index is 780. The van der Waals surface area contributed by atoms with Crippen molar-refractivity contribution in [1.29, 1.82) is 0 Å². The van der Waals surface area contributed by atoms with Crippen molar-refractivity contribution in [1.82, 2.24) is 24.8 Å². The molecule has 0 bridgehead atoms. The van der Waals surface area contributed by atoms with E-state index in [-0.39, 0.29) is 23.7 Å². The van der Waals surface area contributed by atoms with Crippen LogP contribution in [0.5, 0.6) is 0 Å². The average Bonchev–Trinajstić information content (AvgIpc) is 3.10. The molecule has 1 saturated carbocycles. The molecule has 2 fully saturated rings. The second kappa shape index (κ2) is 5.04. The van der Waals surface area contributed by atoms with Crippen LogP contribution in [0.25, 0.3) is 11.5 Å². The molecule has 118 valence electrons. The number of nitrogens with zero attached hydrogens (tertiary/aromatic N) is 6. The molecule has 0 radical (unpaired) electrons. The van der Waals surface area contributed by atoms with Gasteiger partial charge in [0.15, 0.2) is 6.33 Å². The van der Waals surface area contributed by atoms with Crippen molar-refractivity contribution in [2.45, 2.75) is 18.9 Å². The molecule has 2 aromatic rings. The van der Waals surface area contributed by atoms with Crippen molar-refractivity contribution in [3.05, 3.63) is 24.5 Å². The van der Waals surface area contributed by atoms with Gasteiger partial charge in [0.05, 0.1) is 0 Å². The number of carbonyl (C=O) groups is 2. The number of pyridine rings is 1. The zero-order chi connectivity index (χ0) is 16.0. The van der Waals surface area contributed by atoms with Crippen LogP contribution in [0.1, 0.15) is 12.8 Å². The Morgan fingerprint density at radius 1 is 1.17 bits per heavy atom. The van der Waals surface area contributed by atoms with Gasteiger partial charge in [-0.3, -0.25) is 9.69 Å². The van der Waals surface area contributed by atoms with E-state index in [2.05, 4.69) is 15.2 Å². The molecule has 2 aromatic heterocycles. The van der Waals surface area contributed by atoms with Gasteiger partial charge < -0.3 is 10.1 Å². The normalized spacial score (nSPS) is 18.6.